The zero-order valence-electron chi connectivity index (χ0n) is 10.9. The van der Waals surface area contributed by atoms with Crippen LogP contribution in [0, 0.1) is 6.92 Å². The van der Waals surface area contributed by atoms with Crippen LogP contribution >= 0.6 is 11.8 Å². The average molecular weight is 272 g/mol. The van der Waals surface area contributed by atoms with Crippen molar-refractivity contribution in [2.75, 3.05) is 11.1 Å². The normalized spacial score (nSPS) is 10.2. The summed E-state index contributed by atoms with van der Waals surface area (Å²) < 4.78 is 0. The molecule has 0 aliphatic carbocycles. The topological polar surface area (TPSA) is 55.1 Å². The molecule has 1 amide bonds. The number of nitrogen functional groups attached to an aromatic ring is 1. The molecule has 0 heterocycles. The van der Waals surface area contributed by atoms with E-state index in [1.165, 1.54) is 6.92 Å². The number of carbonyl (C=O) groups excluding carboxylic acids is 1. The van der Waals surface area contributed by atoms with Gasteiger partial charge < -0.3 is 11.1 Å². The Balaban J connectivity index is 2.13. The van der Waals surface area contributed by atoms with E-state index in [1.807, 2.05) is 49.4 Å². The second-order valence-corrected chi connectivity index (χ2v) is 5.46. The first kappa shape index (κ1) is 13.5. The van der Waals surface area contributed by atoms with Crippen molar-refractivity contribution >= 4 is 29.0 Å². The van der Waals surface area contributed by atoms with Gasteiger partial charge in [0, 0.05) is 28.1 Å². The molecular weight excluding hydrogens is 256 g/mol. The molecule has 3 nitrogen and oxygen atoms in total. The van der Waals surface area contributed by atoms with Crippen LogP contribution in [0.15, 0.2) is 52.3 Å². The highest BCUT2D eigenvalue weighted by molar-refractivity contribution is 7.99. The third-order valence-electron chi connectivity index (χ3n) is 2.57. The molecule has 0 aliphatic heterocycles. The zero-order chi connectivity index (χ0) is 13.8. The molecule has 2 aromatic rings. The lowest BCUT2D eigenvalue weighted by Crippen LogP contribution is -2.05. The number of aryl methyl sites for hydroxylation is 1. The van der Waals surface area contributed by atoms with Gasteiger partial charge >= 0.3 is 0 Å². The first-order chi connectivity index (χ1) is 9.04. The molecule has 3 N–H and O–H groups in total. The van der Waals surface area contributed by atoms with Gasteiger partial charge in [-0.2, -0.15) is 0 Å². The van der Waals surface area contributed by atoms with E-state index < -0.39 is 0 Å². The molecule has 0 aromatic heterocycles. The second kappa shape index (κ2) is 5.80. The van der Waals surface area contributed by atoms with Crippen molar-refractivity contribution in [2.45, 2.75) is 23.6 Å². The van der Waals surface area contributed by atoms with Crippen LogP contribution in [0.1, 0.15) is 12.5 Å². The fraction of sp³-hybridized carbons (Fsp3) is 0.133. The van der Waals surface area contributed by atoms with E-state index in [1.54, 1.807) is 11.8 Å². The van der Waals surface area contributed by atoms with Crippen molar-refractivity contribution in [1.82, 2.24) is 0 Å². The van der Waals surface area contributed by atoms with Gasteiger partial charge in [0.05, 0.1) is 0 Å². The van der Waals surface area contributed by atoms with Crippen LogP contribution in [0.25, 0.3) is 0 Å². The van der Waals surface area contributed by atoms with Crippen LogP contribution < -0.4 is 11.1 Å². The van der Waals surface area contributed by atoms with Gasteiger partial charge in [-0.15, -0.1) is 0 Å². The molecule has 0 aliphatic rings. The van der Waals surface area contributed by atoms with Crippen LogP contribution in [0.4, 0.5) is 11.4 Å². The van der Waals surface area contributed by atoms with Crippen LogP contribution in [-0.4, -0.2) is 5.91 Å². The minimum Gasteiger partial charge on any atom is -0.398 e. The second-order valence-electron chi connectivity index (χ2n) is 4.35. The van der Waals surface area contributed by atoms with Crippen molar-refractivity contribution in [1.29, 1.82) is 0 Å². The lowest BCUT2D eigenvalue weighted by Gasteiger charge is -2.07. The molecule has 0 radical (unpaired) electrons. The third-order valence-corrected chi connectivity index (χ3v) is 3.67. The van der Waals surface area contributed by atoms with E-state index in [4.69, 9.17) is 5.73 Å². The number of rotatable bonds is 3. The van der Waals surface area contributed by atoms with E-state index >= 15 is 0 Å². The highest BCUT2D eigenvalue weighted by Crippen LogP contribution is 2.32. The molecule has 0 bridgehead atoms. The molecule has 0 fully saturated rings. The molecule has 0 saturated carbocycles. The molecule has 0 atom stereocenters. The van der Waals surface area contributed by atoms with Gasteiger partial charge in [0.15, 0.2) is 0 Å². The summed E-state index contributed by atoms with van der Waals surface area (Å²) in [6, 6.07) is 13.7. The summed E-state index contributed by atoms with van der Waals surface area (Å²) in [5.74, 6) is -0.0665. The Kier molecular flexibility index (Phi) is 4.12. The monoisotopic (exact) mass is 272 g/mol. The van der Waals surface area contributed by atoms with Gasteiger partial charge in [0.2, 0.25) is 5.91 Å². The van der Waals surface area contributed by atoms with Crippen LogP contribution in [-0.2, 0) is 4.79 Å². The molecule has 0 spiro atoms. The highest BCUT2D eigenvalue weighted by Gasteiger charge is 2.03. The number of amides is 1. The van der Waals surface area contributed by atoms with Crippen LogP contribution in [0.2, 0.25) is 0 Å². The fourth-order valence-electron chi connectivity index (χ4n) is 1.70. The molecular formula is C15H16N2OS. The number of nitrogens with two attached hydrogens (primary N) is 1. The van der Waals surface area contributed by atoms with E-state index in [9.17, 15) is 4.79 Å². The summed E-state index contributed by atoms with van der Waals surface area (Å²) in [5.41, 5.74) is 8.73. The van der Waals surface area contributed by atoms with E-state index in [0.717, 1.165) is 26.7 Å². The number of nitrogens with one attached hydrogen (secondary N) is 1. The largest absolute Gasteiger partial charge is 0.398 e. The standard InChI is InChI=1S/C15H16N2OS/c1-10-3-8-15(14(16)9-10)19-13-6-4-12(5-7-13)17-11(2)18/h3-9H,16H2,1-2H3,(H,17,18). The van der Waals surface area contributed by atoms with E-state index in [2.05, 4.69) is 5.32 Å². The quantitative estimate of drug-likeness (QED) is 0.838. The molecule has 4 heteroatoms. The van der Waals surface area contributed by atoms with Gasteiger partial charge in [-0.3, -0.25) is 4.79 Å². The number of hydrogen-bond acceptors (Lipinski definition) is 3. The maximum atomic E-state index is 10.9. The SMILES string of the molecule is CC(=O)Nc1ccc(Sc2ccc(C)cc2N)cc1. The Bertz CT molecular complexity index is 594. The summed E-state index contributed by atoms with van der Waals surface area (Å²) in [7, 11) is 0. The first-order valence-electron chi connectivity index (χ1n) is 5.96. The molecule has 98 valence electrons. The molecule has 0 unspecified atom stereocenters. The lowest BCUT2D eigenvalue weighted by molar-refractivity contribution is -0.114. The summed E-state index contributed by atoms with van der Waals surface area (Å²) >= 11 is 1.61. The molecule has 2 rings (SSSR count). The summed E-state index contributed by atoms with van der Waals surface area (Å²) in [5, 5.41) is 2.74. The Labute approximate surface area is 117 Å². The van der Waals surface area contributed by atoms with E-state index in [0.29, 0.717) is 0 Å². The van der Waals surface area contributed by atoms with E-state index in [-0.39, 0.29) is 5.91 Å². The van der Waals surface area contributed by atoms with Crippen molar-refractivity contribution < 1.29 is 4.79 Å². The Morgan fingerprint density at radius 3 is 2.42 bits per heavy atom. The van der Waals surface area contributed by atoms with Crippen molar-refractivity contribution in [2.24, 2.45) is 0 Å². The maximum absolute atomic E-state index is 10.9. The molecule has 0 saturated heterocycles. The Morgan fingerprint density at radius 1 is 1.16 bits per heavy atom. The molecule has 2 aromatic carbocycles. The lowest BCUT2D eigenvalue weighted by atomic mass is 10.2. The van der Waals surface area contributed by atoms with Gasteiger partial charge in [0.25, 0.3) is 0 Å². The minimum absolute atomic E-state index is 0.0665. The maximum Gasteiger partial charge on any atom is 0.221 e. The Hall–Kier alpha value is -1.94. The van der Waals surface area contributed by atoms with Crippen molar-refractivity contribution in [3.8, 4) is 0 Å². The third kappa shape index (κ3) is 3.76. The van der Waals surface area contributed by atoms with Gasteiger partial charge in [-0.25, -0.2) is 0 Å². The number of carbonyl (C=O) groups is 1. The summed E-state index contributed by atoms with van der Waals surface area (Å²) in [6.45, 7) is 3.52. The summed E-state index contributed by atoms with van der Waals surface area (Å²) in [4.78, 5) is 13.1. The Morgan fingerprint density at radius 2 is 1.84 bits per heavy atom. The zero-order valence-corrected chi connectivity index (χ0v) is 11.8. The number of hydrogen-bond donors (Lipinski definition) is 2. The van der Waals surface area contributed by atoms with Gasteiger partial charge in [-0.05, 0) is 48.9 Å². The van der Waals surface area contributed by atoms with Crippen LogP contribution in [0.5, 0.6) is 0 Å². The number of benzene rings is 2. The molecule has 19 heavy (non-hydrogen) atoms. The predicted octanol–water partition coefficient (Wildman–Crippen LogP) is 3.69. The highest BCUT2D eigenvalue weighted by atomic mass is 32.2. The summed E-state index contributed by atoms with van der Waals surface area (Å²) in [6.07, 6.45) is 0. The fourth-order valence-corrected chi connectivity index (χ4v) is 2.54. The number of anilines is 2. The van der Waals surface area contributed by atoms with Gasteiger partial charge in [0.1, 0.15) is 0 Å². The average Bonchev–Trinajstić information content (AvgIpc) is 2.34. The van der Waals surface area contributed by atoms with Crippen molar-refractivity contribution in [3.63, 3.8) is 0 Å². The predicted molar refractivity (Wildman–Crippen MR) is 80.5 cm³/mol. The van der Waals surface area contributed by atoms with Gasteiger partial charge in [-0.1, -0.05) is 17.8 Å². The first-order valence-corrected chi connectivity index (χ1v) is 6.78. The smallest absolute Gasteiger partial charge is 0.221 e. The minimum atomic E-state index is -0.0665. The van der Waals surface area contributed by atoms with Crippen LogP contribution in [0.3, 0.4) is 0 Å². The van der Waals surface area contributed by atoms with Crippen molar-refractivity contribution in [3.05, 3.63) is 48.0 Å².